The van der Waals surface area contributed by atoms with Crippen molar-refractivity contribution in [3.05, 3.63) is 0 Å². The number of piperidine rings is 1. The Morgan fingerprint density at radius 1 is 1.42 bits per heavy atom. The van der Waals surface area contributed by atoms with Crippen molar-refractivity contribution in [1.29, 1.82) is 5.26 Å². The Hall–Kier alpha value is -0.630. The number of rotatable bonds is 0. The van der Waals surface area contributed by atoms with Gasteiger partial charge in [-0.3, -0.25) is 0 Å². The first-order valence-corrected chi connectivity index (χ1v) is 4.20. The molecule has 0 bridgehead atoms. The second kappa shape index (κ2) is 2.43. The summed E-state index contributed by atoms with van der Waals surface area (Å²) >= 11 is 0. The van der Waals surface area contributed by atoms with Gasteiger partial charge in [-0.1, -0.05) is 0 Å². The van der Waals surface area contributed by atoms with Gasteiger partial charge >= 0.3 is 0 Å². The molecule has 0 aromatic rings. The molecule has 1 aliphatic heterocycles. The second-order valence-corrected chi connectivity index (χ2v) is 3.70. The lowest BCUT2D eigenvalue weighted by molar-refractivity contribution is -0.0398. The molecule has 2 aliphatic rings. The van der Waals surface area contributed by atoms with Gasteiger partial charge in [-0.2, -0.15) is 5.26 Å². The molecular weight excluding hydrogens is 156 g/mol. The van der Waals surface area contributed by atoms with E-state index in [9.17, 15) is 10.2 Å². The fourth-order valence-corrected chi connectivity index (χ4v) is 1.91. The Morgan fingerprint density at radius 3 is 2.58 bits per heavy atom. The first-order valence-electron chi connectivity index (χ1n) is 4.20. The summed E-state index contributed by atoms with van der Waals surface area (Å²) in [5.41, 5.74) is -0.173. The Bertz CT molecular complexity index is 232. The molecule has 3 N–H and O–H groups in total. The van der Waals surface area contributed by atoms with E-state index in [1.165, 1.54) is 0 Å². The molecule has 3 atom stereocenters. The smallest absolute Gasteiger partial charge is 0.0987 e. The van der Waals surface area contributed by atoms with Crippen LogP contribution in [0.4, 0.5) is 0 Å². The first kappa shape index (κ1) is 7.99. The summed E-state index contributed by atoms with van der Waals surface area (Å²) in [6.07, 6.45) is 0.212. The molecule has 3 unspecified atom stereocenters. The molecule has 12 heavy (non-hydrogen) atoms. The van der Waals surface area contributed by atoms with Gasteiger partial charge in [-0.15, -0.1) is 0 Å². The van der Waals surface area contributed by atoms with Crippen molar-refractivity contribution in [2.24, 2.45) is 5.92 Å². The summed E-state index contributed by atoms with van der Waals surface area (Å²) in [4.78, 5) is 0. The molecule has 2 fully saturated rings. The number of nitrogens with one attached hydrogen (secondary N) is 1. The number of hydrogen-bond donors (Lipinski definition) is 3. The quantitative estimate of drug-likeness (QED) is 0.433. The molecule has 2 rings (SSSR count). The SMILES string of the molecule is N#CC1C(O)C(O)CNC12CC2. The van der Waals surface area contributed by atoms with Crippen molar-refractivity contribution >= 4 is 0 Å². The van der Waals surface area contributed by atoms with Gasteiger partial charge in [0, 0.05) is 12.1 Å². The molecule has 0 radical (unpaired) electrons. The zero-order chi connectivity index (χ0) is 8.77. The van der Waals surface area contributed by atoms with E-state index in [4.69, 9.17) is 5.26 Å². The normalized spacial score (nSPS) is 43.9. The van der Waals surface area contributed by atoms with Crippen LogP contribution in [0.2, 0.25) is 0 Å². The van der Waals surface area contributed by atoms with Crippen molar-refractivity contribution in [3.63, 3.8) is 0 Å². The van der Waals surface area contributed by atoms with Crippen LogP contribution >= 0.6 is 0 Å². The molecule has 0 amide bonds. The highest BCUT2D eigenvalue weighted by Crippen LogP contribution is 2.45. The van der Waals surface area contributed by atoms with Crippen LogP contribution in [-0.4, -0.2) is 34.5 Å². The van der Waals surface area contributed by atoms with E-state index in [0.29, 0.717) is 6.54 Å². The van der Waals surface area contributed by atoms with Gasteiger partial charge in [0.2, 0.25) is 0 Å². The van der Waals surface area contributed by atoms with Crippen LogP contribution in [0.3, 0.4) is 0 Å². The van der Waals surface area contributed by atoms with E-state index >= 15 is 0 Å². The Balaban J connectivity index is 2.17. The van der Waals surface area contributed by atoms with Crippen LogP contribution in [0, 0.1) is 17.2 Å². The van der Waals surface area contributed by atoms with Crippen LogP contribution in [0.15, 0.2) is 0 Å². The summed E-state index contributed by atoms with van der Waals surface area (Å²) in [5.74, 6) is -0.443. The standard InChI is InChI=1S/C8H12N2O2/c9-3-5-7(12)6(11)4-10-8(5)1-2-8/h5-7,10-12H,1-2,4H2. The van der Waals surface area contributed by atoms with Crippen LogP contribution in [0.1, 0.15) is 12.8 Å². The van der Waals surface area contributed by atoms with E-state index in [1.807, 2.05) is 0 Å². The number of aliphatic hydroxyl groups excluding tert-OH is 2. The zero-order valence-electron chi connectivity index (χ0n) is 6.70. The van der Waals surface area contributed by atoms with Crippen molar-refractivity contribution in [2.45, 2.75) is 30.6 Å². The Kier molecular flexibility index (Phi) is 1.62. The average molecular weight is 168 g/mol. The van der Waals surface area contributed by atoms with E-state index < -0.39 is 18.1 Å². The highest BCUT2D eigenvalue weighted by Gasteiger charge is 2.56. The minimum Gasteiger partial charge on any atom is -0.389 e. The van der Waals surface area contributed by atoms with Gasteiger partial charge in [-0.25, -0.2) is 0 Å². The summed E-state index contributed by atoms with van der Waals surface area (Å²) in [5, 5.41) is 30.7. The summed E-state index contributed by atoms with van der Waals surface area (Å²) in [6, 6.07) is 2.06. The molecule has 1 saturated heterocycles. The van der Waals surface area contributed by atoms with Gasteiger partial charge < -0.3 is 15.5 Å². The van der Waals surface area contributed by atoms with Crippen LogP contribution < -0.4 is 5.32 Å². The minimum absolute atomic E-state index is 0.173. The fourth-order valence-electron chi connectivity index (χ4n) is 1.91. The molecule has 66 valence electrons. The highest BCUT2D eigenvalue weighted by atomic mass is 16.3. The van der Waals surface area contributed by atoms with Gasteiger partial charge in [0.15, 0.2) is 0 Å². The van der Waals surface area contributed by atoms with E-state index in [2.05, 4.69) is 11.4 Å². The molecule has 1 saturated carbocycles. The number of hydrogen-bond acceptors (Lipinski definition) is 4. The number of nitriles is 1. The molecule has 0 aromatic heterocycles. The summed E-state index contributed by atoms with van der Waals surface area (Å²) in [7, 11) is 0. The third-order valence-corrected chi connectivity index (χ3v) is 2.92. The summed E-state index contributed by atoms with van der Waals surface area (Å²) < 4.78 is 0. The minimum atomic E-state index is -0.876. The molecule has 1 heterocycles. The maximum Gasteiger partial charge on any atom is 0.0987 e. The highest BCUT2D eigenvalue weighted by molar-refractivity contribution is 5.19. The van der Waals surface area contributed by atoms with Crippen molar-refractivity contribution < 1.29 is 10.2 Å². The second-order valence-electron chi connectivity index (χ2n) is 3.70. The maximum atomic E-state index is 9.50. The molecular formula is C8H12N2O2. The Morgan fingerprint density at radius 2 is 2.08 bits per heavy atom. The lowest BCUT2D eigenvalue weighted by Gasteiger charge is -2.35. The van der Waals surface area contributed by atoms with Crippen molar-refractivity contribution in [3.8, 4) is 6.07 Å². The van der Waals surface area contributed by atoms with E-state index in [0.717, 1.165) is 12.8 Å². The van der Waals surface area contributed by atoms with Gasteiger partial charge in [0.1, 0.15) is 0 Å². The van der Waals surface area contributed by atoms with Crippen molar-refractivity contribution in [1.82, 2.24) is 5.32 Å². The van der Waals surface area contributed by atoms with Crippen LogP contribution in [0.25, 0.3) is 0 Å². The fraction of sp³-hybridized carbons (Fsp3) is 0.875. The maximum absolute atomic E-state index is 9.50. The largest absolute Gasteiger partial charge is 0.389 e. The molecule has 1 aliphatic carbocycles. The predicted molar refractivity (Wildman–Crippen MR) is 41.1 cm³/mol. The molecule has 4 nitrogen and oxygen atoms in total. The topological polar surface area (TPSA) is 76.3 Å². The number of aliphatic hydroxyl groups is 2. The lowest BCUT2D eigenvalue weighted by Crippen LogP contribution is -2.57. The zero-order valence-corrected chi connectivity index (χ0v) is 6.70. The lowest BCUT2D eigenvalue weighted by atomic mass is 9.85. The van der Waals surface area contributed by atoms with Crippen LogP contribution in [-0.2, 0) is 0 Å². The van der Waals surface area contributed by atoms with E-state index in [1.54, 1.807) is 0 Å². The van der Waals surface area contributed by atoms with Gasteiger partial charge in [-0.05, 0) is 12.8 Å². The number of β-amino-alcohol motifs (C(OH)–C–C–N with tert-alkyl or cyclic N) is 1. The van der Waals surface area contributed by atoms with E-state index in [-0.39, 0.29) is 5.54 Å². The predicted octanol–water partition coefficient (Wildman–Crippen LogP) is -1.02. The molecule has 0 aromatic carbocycles. The summed E-state index contributed by atoms with van der Waals surface area (Å²) in [6.45, 7) is 0.402. The van der Waals surface area contributed by atoms with Crippen LogP contribution in [0.5, 0.6) is 0 Å². The van der Waals surface area contributed by atoms with Gasteiger partial charge in [0.25, 0.3) is 0 Å². The molecule has 4 heteroatoms. The first-order chi connectivity index (χ1) is 5.69. The Labute approximate surface area is 70.8 Å². The molecule has 1 spiro atoms. The third-order valence-electron chi connectivity index (χ3n) is 2.92. The van der Waals surface area contributed by atoms with Crippen molar-refractivity contribution in [2.75, 3.05) is 6.54 Å². The number of nitrogens with zero attached hydrogens (tertiary/aromatic N) is 1. The monoisotopic (exact) mass is 168 g/mol. The van der Waals surface area contributed by atoms with Gasteiger partial charge in [0.05, 0.1) is 24.2 Å². The third kappa shape index (κ3) is 0.944. The average Bonchev–Trinajstić information content (AvgIpc) is 2.81.